The number of nitrogens with zero attached hydrogens (tertiary/aromatic N) is 6. The molecular formula is C75H94ClF3N10O10S5. The number of sulfone groups is 1. The van der Waals surface area contributed by atoms with Crippen LogP contribution in [0.5, 0.6) is 0 Å². The quantitative estimate of drug-likeness (QED) is 0.0226. The molecule has 5 amide bonds. The van der Waals surface area contributed by atoms with E-state index in [1.165, 1.54) is 44.8 Å². The van der Waals surface area contributed by atoms with Crippen LogP contribution >= 0.6 is 46.0 Å². The number of likely N-dealkylation sites (tertiary alicyclic amines) is 1. The Balaban J connectivity index is 0.689. The van der Waals surface area contributed by atoms with Crippen LogP contribution < -0.4 is 25.6 Å². The number of carbonyl (C=O) groups excluding carboxylic acids is 5. The number of allylic oxidation sites excluding steroid dienone is 1. The van der Waals surface area contributed by atoms with Gasteiger partial charge >= 0.3 is 5.51 Å². The summed E-state index contributed by atoms with van der Waals surface area (Å²) in [6, 6.07) is 24.8. The number of rotatable bonds is 28. The van der Waals surface area contributed by atoms with Crippen molar-refractivity contribution in [1.29, 1.82) is 0 Å². The molecule has 6 aromatic rings. The SMILES string of the molecule is Cc1ncsc1-c1ccc([C@H](C)NC(=O)[C@@H]2C[C@@H](O)CN2C(=O)[C@@H](NC(=O)CCCCCC(=O)N2CCN(CC[C@H](CSc3ccccc3)Nc3ccc(S(=O)(=O)NC(=O)c4ccc(N5CCN(CC6=C(c7cc(Cl)cs7)CCC(C)(C)C6)CC5)cc4)cc3S(=O)(=O)C(F)(F)F)CC2)C(C)(C)C)cc1. The average molecular weight is 1550 g/mol. The highest BCUT2D eigenvalue weighted by atomic mass is 35.5. The van der Waals surface area contributed by atoms with E-state index >= 15 is 0 Å². The first-order valence-corrected chi connectivity index (χ1v) is 41.4. The van der Waals surface area contributed by atoms with Gasteiger partial charge < -0.3 is 35.8 Å². The Kier molecular flexibility index (Phi) is 26.3. The molecule has 29 heteroatoms. The highest BCUT2D eigenvalue weighted by Gasteiger charge is 2.49. The van der Waals surface area contributed by atoms with E-state index in [1.54, 1.807) is 45.2 Å². The van der Waals surface area contributed by atoms with Crippen LogP contribution in [0.2, 0.25) is 5.02 Å². The summed E-state index contributed by atoms with van der Waals surface area (Å²) in [5, 5.41) is 22.4. The second-order valence-electron chi connectivity index (χ2n) is 29.3. The lowest BCUT2D eigenvalue weighted by molar-refractivity contribution is -0.144. The van der Waals surface area contributed by atoms with Crippen LogP contribution in [-0.4, -0.2) is 184 Å². The Morgan fingerprint density at radius 1 is 0.817 bits per heavy atom. The van der Waals surface area contributed by atoms with E-state index in [1.807, 2.05) is 99.3 Å². The zero-order chi connectivity index (χ0) is 74.9. The molecule has 5 atom stereocenters. The monoisotopic (exact) mass is 1550 g/mol. The lowest BCUT2D eigenvalue weighted by Gasteiger charge is -2.39. The largest absolute Gasteiger partial charge is 0.501 e. The van der Waals surface area contributed by atoms with Crippen LogP contribution in [-0.2, 0) is 39.0 Å². The van der Waals surface area contributed by atoms with Gasteiger partial charge in [0.15, 0.2) is 0 Å². The maximum absolute atomic E-state index is 14.6. The molecule has 0 spiro atoms. The lowest BCUT2D eigenvalue weighted by Crippen LogP contribution is -2.57. The summed E-state index contributed by atoms with van der Waals surface area (Å²) in [5.74, 6) is -2.10. The number of aliphatic hydroxyl groups excluding tert-OH is 1. The van der Waals surface area contributed by atoms with Gasteiger partial charge in [0, 0.05) is 129 Å². The minimum atomic E-state index is -6.18. The van der Waals surface area contributed by atoms with Crippen molar-refractivity contribution in [1.82, 2.24) is 39.9 Å². The standard InChI is InChI=1S/C75H94ClF3N10O10S5/c1-49(51-18-20-52(21-19-51)68-50(2)80-48-102-68)81-71(94)63-41-58(90)45-89(63)72(95)69(73(3,4)5)83-66(91)16-12-9-13-17-67(92)88-38-32-85(33-39-88)31-29-56(47-100-59-14-10-8-11-15-59)82-62-27-26-60(42-65(62)103(96,97)75(77,78)79)104(98,99)84-70(93)53-22-24-57(25-23-53)87-36-34-86(35-37-87)44-54-43-74(6,7)30-28-61(54)64-40-55(76)46-101-64/h8,10-11,14-15,18-27,40,42,46,48-49,56,58,63,69,82,90H,9,12-13,16-17,28-39,41,43-45,47H2,1-7H3,(H,81,94)(H,83,91)(H,84,93)/t49-,56+,58+,63-,69+/m0/s1. The Labute approximate surface area is 625 Å². The second kappa shape index (κ2) is 34.3. The molecule has 10 rings (SSSR count). The molecule has 562 valence electrons. The normalized spacial score (nSPS) is 18.8. The molecule has 3 saturated heterocycles. The number of aromatic nitrogens is 1. The first-order chi connectivity index (χ1) is 49.2. The number of hydrogen-bond donors (Lipinski definition) is 5. The minimum absolute atomic E-state index is 0.0408. The van der Waals surface area contributed by atoms with Crippen LogP contribution in [0.25, 0.3) is 16.0 Å². The number of hydrogen-bond acceptors (Lipinski definition) is 18. The molecule has 0 unspecified atom stereocenters. The molecule has 5 heterocycles. The number of aryl methyl sites for hydroxylation is 1. The fourth-order valence-corrected chi connectivity index (χ4v) is 18.8. The predicted molar refractivity (Wildman–Crippen MR) is 405 cm³/mol. The zero-order valence-electron chi connectivity index (χ0n) is 59.8. The number of halogens is 4. The molecule has 20 nitrogen and oxygen atoms in total. The molecule has 2 aromatic heterocycles. The van der Waals surface area contributed by atoms with E-state index in [0.717, 1.165) is 88.3 Å². The van der Waals surface area contributed by atoms with Gasteiger partial charge in [-0.15, -0.1) is 34.4 Å². The minimum Gasteiger partial charge on any atom is -0.391 e. The molecule has 5 N–H and O–H groups in total. The fraction of sp³-hybridized carbons (Fsp3) is 0.493. The number of thioether (sulfide) groups is 1. The molecule has 0 saturated carbocycles. The maximum Gasteiger partial charge on any atom is 0.501 e. The maximum atomic E-state index is 14.6. The molecule has 0 radical (unpaired) electrons. The first-order valence-electron chi connectivity index (χ1n) is 35.3. The summed E-state index contributed by atoms with van der Waals surface area (Å²) in [7, 11) is -11.1. The summed E-state index contributed by atoms with van der Waals surface area (Å²) in [6.07, 6.45) is 4.36. The average Bonchev–Trinajstić information content (AvgIpc) is 0.943. The third kappa shape index (κ3) is 20.6. The number of β-amino-alcohol motifs (C(OH)–C–C–N with tert-alkyl or cyclic N) is 1. The van der Waals surface area contributed by atoms with Crippen molar-refractivity contribution in [3.63, 3.8) is 0 Å². The topological polar surface area (TPSA) is 251 Å². The highest BCUT2D eigenvalue weighted by molar-refractivity contribution is 7.99. The Hall–Kier alpha value is -6.89. The predicted octanol–water partition coefficient (Wildman–Crippen LogP) is 12.5. The number of aliphatic hydroxyl groups is 1. The molecule has 0 bridgehead atoms. The molecule has 4 aliphatic rings. The third-order valence-electron chi connectivity index (χ3n) is 19.8. The van der Waals surface area contributed by atoms with Gasteiger partial charge in [-0.2, -0.15) is 13.2 Å². The Morgan fingerprint density at radius 3 is 2.14 bits per heavy atom. The van der Waals surface area contributed by atoms with Crippen molar-refractivity contribution >= 4 is 112 Å². The Morgan fingerprint density at radius 2 is 1.50 bits per heavy atom. The van der Waals surface area contributed by atoms with Crippen LogP contribution in [0.15, 0.2) is 134 Å². The van der Waals surface area contributed by atoms with Gasteiger partial charge in [-0.05, 0) is 141 Å². The number of amides is 5. The number of carbonyl (C=O) groups is 5. The van der Waals surface area contributed by atoms with Gasteiger partial charge in [0.05, 0.1) is 43.8 Å². The Bertz CT molecular complexity index is 4270. The van der Waals surface area contributed by atoms with E-state index in [4.69, 9.17) is 11.6 Å². The van der Waals surface area contributed by atoms with E-state index < -0.39 is 94.3 Å². The second-order valence-corrected chi connectivity index (χ2v) is 36.2. The smallest absolute Gasteiger partial charge is 0.391 e. The number of alkyl halides is 3. The number of unbranched alkanes of at least 4 members (excludes halogenated alkanes) is 2. The van der Waals surface area contributed by atoms with Crippen molar-refractivity contribution in [3.05, 3.63) is 146 Å². The third-order valence-corrected chi connectivity index (χ3v) is 26.2. The van der Waals surface area contributed by atoms with Crippen molar-refractivity contribution in [2.45, 2.75) is 163 Å². The van der Waals surface area contributed by atoms with Crippen molar-refractivity contribution in [2.75, 3.05) is 88.0 Å². The van der Waals surface area contributed by atoms with Gasteiger partial charge in [0.1, 0.15) is 17.0 Å². The van der Waals surface area contributed by atoms with Gasteiger partial charge in [-0.1, -0.05) is 101 Å². The molecule has 1 aliphatic carbocycles. The summed E-state index contributed by atoms with van der Waals surface area (Å²) < 4.78 is 100. The summed E-state index contributed by atoms with van der Waals surface area (Å²) in [4.78, 5) is 83.8. The van der Waals surface area contributed by atoms with Crippen LogP contribution in [0.4, 0.5) is 24.5 Å². The number of piperazine rings is 2. The molecular weight excluding hydrogens is 1450 g/mol. The summed E-state index contributed by atoms with van der Waals surface area (Å²) in [5.41, 5.74) is 1.34. The molecule has 3 aliphatic heterocycles. The van der Waals surface area contributed by atoms with E-state index in [-0.39, 0.29) is 54.4 Å². The lowest BCUT2D eigenvalue weighted by atomic mass is 9.74. The van der Waals surface area contributed by atoms with Crippen molar-refractivity contribution in [2.24, 2.45) is 10.8 Å². The molecule has 104 heavy (non-hydrogen) atoms. The number of thiophene rings is 1. The first kappa shape index (κ1) is 79.7. The number of sulfonamides is 1. The van der Waals surface area contributed by atoms with Gasteiger partial charge in [0.25, 0.3) is 25.8 Å². The van der Waals surface area contributed by atoms with Gasteiger partial charge in [0.2, 0.25) is 23.6 Å². The van der Waals surface area contributed by atoms with Crippen molar-refractivity contribution in [3.8, 4) is 10.4 Å². The highest BCUT2D eigenvalue weighted by Crippen LogP contribution is 2.45. The summed E-state index contributed by atoms with van der Waals surface area (Å²) in [6.45, 7) is 19.8. The molecule has 4 aromatic carbocycles. The number of thiazole rings is 1. The fourth-order valence-electron chi connectivity index (χ4n) is 13.8. The van der Waals surface area contributed by atoms with Crippen LogP contribution in [0, 0.1) is 17.8 Å². The van der Waals surface area contributed by atoms with E-state index in [2.05, 4.69) is 55.5 Å². The van der Waals surface area contributed by atoms with Gasteiger partial charge in [-0.25, -0.2) is 26.5 Å². The number of benzene rings is 4. The van der Waals surface area contributed by atoms with Crippen molar-refractivity contribution < 1.29 is 59.1 Å². The van der Waals surface area contributed by atoms with Gasteiger partial charge in [-0.3, -0.25) is 33.8 Å². The number of anilines is 2. The van der Waals surface area contributed by atoms with E-state index in [9.17, 15) is 59.1 Å². The van der Waals surface area contributed by atoms with Crippen LogP contribution in [0.1, 0.15) is 138 Å². The number of nitrogens with one attached hydrogen (secondary N) is 4. The van der Waals surface area contributed by atoms with Crippen LogP contribution in [0.3, 0.4) is 0 Å². The molecule has 3 fully saturated rings. The summed E-state index contributed by atoms with van der Waals surface area (Å²) >= 11 is 10.9. The van der Waals surface area contributed by atoms with E-state index in [0.29, 0.717) is 77.6 Å². The zero-order valence-corrected chi connectivity index (χ0v) is 64.6.